The molecule has 57 heavy (non-hydrogen) atoms. The molecule has 3 fully saturated rings. The summed E-state index contributed by atoms with van der Waals surface area (Å²) in [5.41, 5.74) is -2.13. The largest absolute Gasteiger partial charge is 0.493 e. The summed E-state index contributed by atoms with van der Waals surface area (Å²) in [5.74, 6) is -0.886. The summed E-state index contributed by atoms with van der Waals surface area (Å²) in [5, 5.41) is 9.51. The molecule has 0 spiro atoms. The first kappa shape index (κ1) is 42.4. The van der Waals surface area contributed by atoms with Gasteiger partial charge in [-0.1, -0.05) is 30.0 Å². The van der Waals surface area contributed by atoms with Gasteiger partial charge in [-0.2, -0.15) is 26.3 Å². The summed E-state index contributed by atoms with van der Waals surface area (Å²) >= 11 is 6.51. The lowest BCUT2D eigenvalue weighted by Crippen LogP contribution is -2.38. The standard InChI is InChI=1S/C39H39F6N3O7S2/c40-38(41,42)29-21-27(22-30(23-29)39(43,44)45)31-18-25(2-4-33(31)55-17-11-46-7-13-52-14-8-46)19-34-35(49)48(37(56)57-34)6-1-12-54-32-5-3-26(36(50)51)20-28(32)24-47-9-15-53-16-10-47/h2-5,18-23H,1,6-17,24H2,(H,50,51)/b34-19-. The third kappa shape index (κ3) is 11.3. The predicted octanol–water partition coefficient (Wildman–Crippen LogP) is 7.30. The Balaban J connectivity index is 1.18. The van der Waals surface area contributed by atoms with Crippen LogP contribution in [0.5, 0.6) is 11.5 Å². The van der Waals surface area contributed by atoms with Crippen LogP contribution < -0.4 is 9.47 Å². The molecule has 18 heteroatoms. The highest BCUT2D eigenvalue weighted by Gasteiger charge is 2.37. The molecule has 10 nitrogen and oxygen atoms in total. The Morgan fingerprint density at radius 2 is 1.42 bits per heavy atom. The van der Waals surface area contributed by atoms with Crippen LogP contribution in [-0.2, 0) is 33.2 Å². The molecule has 0 aliphatic carbocycles. The smallest absolute Gasteiger partial charge is 0.416 e. The minimum atomic E-state index is -5.06. The van der Waals surface area contributed by atoms with Gasteiger partial charge in [-0.05, 0) is 72.2 Å². The Morgan fingerprint density at radius 1 is 0.807 bits per heavy atom. The third-order valence-electron chi connectivity index (χ3n) is 9.43. The van der Waals surface area contributed by atoms with Gasteiger partial charge in [0.05, 0.1) is 54.6 Å². The van der Waals surface area contributed by atoms with Crippen molar-refractivity contribution in [3.05, 3.63) is 87.3 Å². The van der Waals surface area contributed by atoms with Crippen LogP contribution in [-0.4, -0.2) is 115 Å². The highest BCUT2D eigenvalue weighted by molar-refractivity contribution is 8.26. The van der Waals surface area contributed by atoms with Crippen LogP contribution in [0.3, 0.4) is 0 Å². The predicted molar refractivity (Wildman–Crippen MR) is 204 cm³/mol. The molecule has 3 aromatic rings. The Hall–Kier alpha value is -4.20. The van der Waals surface area contributed by atoms with Crippen molar-refractivity contribution in [1.29, 1.82) is 0 Å². The first-order valence-corrected chi connectivity index (χ1v) is 19.3. The second kappa shape index (κ2) is 18.6. The number of hydrogen-bond acceptors (Lipinski definition) is 10. The molecule has 6 rings (SSSR count). The lowest BCUT2D eigenvalue weighted by atomic mass is 9.96. The number of amides is 1. The minimum Gasteiger partial charge on any atom is -0.493 e. The van der Waals surface area contributed by atoms with Gasteiger partial charge in [0.15, 0.2) is 0 Å². The number of thioether (sulfide) groups is 1. The number of ether oxygens (including phenoxy) is 4. The van der Waals surface area contributed by atoms with E-state index < -0.39 is 35.4 Å². The molecular weight excluding hydrogens is 801 g/mol. The van der Waals surface area contributed by atoms with Crippen molar-refractivity contribution < 1.29 is 60.0 Å². The number of morpholine rings is 2. The van der Waals surface area contributed by atoms with Crippen LogP contribution >= 0.6 is 24.0 Å². The summed E-state index contributed by atoms with van der Waals surface area (Å²) in [4.78, 5) is 31.0. The SMILES string of the molecule is O=C(O)c1ccc(OCCCN2C(=O)/C(=C/c3ccc(OCCN4CCOCC4)c(-c4cc(C(F)(F)F)cc(C(F)(F)F)c4)c3)SC2=S)c(CN2CCOCC2)c1. The molecule has 3 saturated heterocycles. The van der Waals surface area contributed by atoms with Gasteiger partial charge in [0, 0.05) is 56.9 Å². The molecule has 0 unspecified atom stereocenters. The van der Waals surface area contributed by atoms with Crippen molar-refractivity contribution in [1.82, 2.24) is 14.7 Å². The first-order valence-electron chi connectivity index (χ1n) is 18.1. The number of aromatic carboxylic acids is 1. The summed E-state index contributed by atoms with van der Waals surface area (Å²) in [6.07, 6.45) is -8.26. The fraction of sp³-hybridized carbons (Fsp3) is 0.410. The van der Waals surface area contributed by atoms with Crippen molar-refractivity contribution >= 4 is 46.3 Å². The number of alkyl halides is 6. The first-order chi connectivity index (χ1) is 27.2. The maximum Gasteiger partial charge on any atom is 0.416 e. The molecule has 0 aromatic heterocycles. The number of carboxylic acid groups (broad SMARTS) is 1. The Morgan fingerprint density at radius 3 is 2.05 bits per heavy atom. The van der Waals surface area contributed by atoms with Gasteiger partial charge in [-0.3, -0.25) is 19.5 Å². The molecule has 3 heterocycles. The van der Waals surface area contributed by atoms with E-state index in [2.05, 4.69) is 9.80 Å². The second-order valence-corrected chi connectivity index (χ2v) is 15.1. The molecule has 3 aliphatic rings. The van der Waals surface area contributed by atoms with Gasteiger partial charge >= 0.3 is 18.3 Å². The molecule has 3 aliphatic heterocycles. The van der Waals surface area contributed by atoms with Crippen molar-refractivity contribution in [3.8, 4) is 22.6 Å². The van der Waals surface area contributed by atoms with E-state index in [-0.39, 0.29) is 57.5 Å². The zero-order valence-electron chi connectivity index (χ0n) is 30.5. The monoisotopic (exact) mass is 839 g/mol. The second-order valence-electron chi connectivity index (χ2n) is 13.4. The van der Waals surface area contributed by atoms with E-state index in [0.29, 0.717) is 101 Å². The van der Waals surface area contributed by atoms with Gasteiger partial charge in [0.1, 0.15) is 22.4 Å². The molecule has 3 aromatic carbocycles. The zero-order chi connectivity index (χ0) is 40.7. The summed E-state index contributed by atoms with van der Waals surface area (Å²) in [6, 6.07) is 10.4. The summed E-state index contributed by atoms with van der Waals surface area (Å²) in [7, 11) is 0. The Bertz CT molecular complexity index is 1950. The minimum absolute atomic E-state index is 0.0145. The molecule has 306 valence electrons. The van der Waals surface area contributed by atoms with Crippen LogP contribution in [0, 0.1) is 0 Å². The number of carbonyl (C=O) groups is 2. The number of hydrogen-bond donors (Lipinski definition) is 1. The topological polar surface area (TPSA) is 101 Å². The van der Waals surface area contributed by atoms with Gasteiger partial charge < -0.3 is 24.1 Å². The van der Waals surface area contributed by atoms with Crippen molar-refractivity contribution in [3.63, 3.8) is 0 Å². The third-order valence-corrected chi connectivity index (χ3v) is 10.8. The summed E-state index contributed by atoms with van der Waals surface area (Å²) in [6.45, 7) is 6.33. The maximum absolute atomic E-state index is 13.9. The number of nitrogens with zero attached hydrogens (tertiary/aromatic N) is 3. The number of halogens is 6. The van der Waals surface area contributed by atoms with Crippen LogP contribution in [0.25, 0.3) is 17.2 Å². The number of carbonyl (C=O) groups excluding carboxylic acids is 1. The molecule has 1 amide bonds. The van der Waals surface area contributed by atoms with Crippen LogP contribution in [0.1, 0.15) is 39.0 Å². The fourth-order valence-electron chi connectivity index (χ4n) is 6.43. The lowest BCUT2D eigenvalue weighted by molar-refractivity contribution is -0.143. The number of rotatable bonds is 14. The number of benzene rings is 3. The van der Waals surface area contributed by atoms with E-state index in [9.17, 15) is 41.0 Å². The quantitative estimate of drug-likeness (QED) is 0.0767. The zero-order valence-corrected chi connectivity index (χ0v) is 32.1. The average molecular weight is 840 g/mol. The normalized spacial score (nSPS) is 18.1. The molecule has 1 N–H and O–H groups in total. The maximum atomic E-state index is 13.9. The van der Waals surface area contributed by atoms with Crippen LogP contribution in [0.2, 0.25) is 0 Å². The highest BCUT2D eigenvalue weighted by atomic mass is 32.2. The van der Waals surface area contributed by atoms with Gasteiger partial charge in [0.2, 0.25) is 0 Å². The number of thiocarbonyl (C=S) groups is 1. The highest BCUT2D eigenvalue weighted by Crippen LogP contribution is 2.42. The van der Waals surface area contributed by atoms with E-state index >= 15 is 0 Å². The molecule has 0 saturated carbocycles. The van der Waals surface area contributed by atoms with Crippen LogP contribution in [0.15, 0.2) is 59.5 Å². The van der Waals surface area contributed by atoms with E-state index in [0.717, 1.165) is 11.8 Å². The van der Waals surface area contributed by atoms with Crippen molar-refractivity contribution in [2.75, 3.05) is 78.9 Å². The lowest BCUT2D eigenvalue weighted by Gasteiger charge is -2.27. The van der Waals surface area contributed by atoms with Gasteiger partial charge in [0.25, 0.3) is 5.91 Å². The molecular formula is C39H39F6N3O7S2. The van der Waals surface area contributed by atoms with E-state index in [1.165, 1.54) is 29.2 Å². The molecule has 0 radical (unpaired) electrons. The molecule has 0 bridgehead atoms. The van der Waals surface area contributed by atoms with E-state index in [1.807, 2.05) is 0 Å². The van der Waals surface area contributed by atoms with Crippen molar-refractivity contribution in [2.45, 2.75) is 25.3 Å². The summed E-state index contributed by atoms with van der Waals surface area (Å²) < 4.78 is 106. The van der Waals surface area contributed by atoms with Crippen molar-refractivity contribution in [2.24, 2.45) is 0 Å². The average Bonchev–Trinajstić information content (AvgIpc) is 3.44. The Labute approximate surface area is 334 Å². The van der Waals surface area contributed by atoms with E-state index in [4.69, 9.17) is 31.2 Å². The molecule has 0 atom stereocenters. The number of carboxylic acids is 1. The fourth-order valence-corrected chi connectivity index (χ4v) is 7.74. The Kier molecular flexibility index (Phi) is 13.8. The van der Waals surface area contributed by atoms with Crippen LogP contribution in [0.4, 0.5) is 26.3 Å². The van der Waals surface area contributed by atoms with E-state index in [1.54, 1.807) is 18.2 Å². The van der Waals surface area contributed by atoms with Gasteiger partial charge in [-0.25, -0.2) is 4.79 Å². The van der Waals surface area contributed by atoms with Gasteiger partial charge in [-0.15, -0.1) is 0 Å².